The lowest BCUT2D eigenvalue weighted by molar-refractivity contribution is 0.0735. The lowest BCUT2D eigenvalue weighted by Gasteiger charge is -2.10. The van der Waals surface area contributed by atoms with E-state index in [9.17, 15) is 4.79 Å². The second kappa shape index (κ2) is 19.2. The Bertz CT molecular complexity index is 1220. The number of ether oxygens (including phenoxy) is 3. The lowest BCUT2D eigenvalue weighted by Crippen LogP contribution is -2.09. The minimum Gasteiger partial charge on any atom is -0.497 e. The molecule has 226 valence electrons. The maximum atomic E-state index is 12.7. The molecule has 0 aromatic heterocycles. The van der Waals surface area contributed by atoms with E-state index < -0.39 is 5.97 Å². The summed E-state index contributed by atoms with van der Waals surface area (Å²) in [5, 5.41) is 8.65. The van der Waals surface area contributed by atoms with Crippen LogP contribution in [-0.4, -0.2) is 19.7 Å². The van der Waals surface area contributed by atoms with E-state index in [0.29, 0.717) is 23.5 Å². The Morgan fingerprint density at radius 1 is 0.667 bits per heavy atom. The molecule has 0 unspecified atom stereocenters. The molecule has 0 spiro atoms. The fraction of sp³-hybridized carbons (Fsp3) is 0.441. The molecule has 0 atom stereocenters. The number of hydrogen-bond acceptors (Lipinski definition) is 6. The summed E-state index contributed by atoms with van der Waals surface area (Å²) in [7, 11) is 1.60. The predicted octanol–water partition coefficient (Wildman–Crippen LogP) is 11.7. The summed E-state index contributed by atoms with van der Waals surface area (Å²) in [6.45, 7) is 2.92. The maximum Gasteiger partial charge on any atom is 0.343 e. The standard InChI is InChI=1S/C34H42Cl2N2O4/c1-3-4-5-6-7-8-9-10-11-12-13-14-23-41-30-19-15-26(16-20-30)34(39)42-33-31(35)24-28(25-32(33)36)38-37-27-17-21-29(40-2)22-18-27/h15-22,24-25H,3-14,23H2,1-2H3. The maximum absolute atomic E-state index is 12.7. The highest BCUT2D eigenvalue weighted by atomic mass is 35.5. The van der Waals surface area contributed by atoms with Gasteiger partial charge in [0, 0.05) is 0 Å². The van der Waals surface area contributed by atoms with Crippen LogP contribution in [0.25, 0.3) is 0 Å². The largest absolute Gasteiger partial charge is 0.497 e. The number of unbranched alkanes of at least 4 members (excludes halogenated alkanes) is 11. The van der Waals surface area contributed by atoms with Gasteiger partial charge in [0.25, 0.3) is 0 Å². The minimum absolute atomic E-state index is 0.0685. The molecule has 3 aromatic rings. The first-order valence-corrected chi connectivity index (χ1v) is 15.8. The van der Waals surface area contributed by atoms with Crippen LogP contribution in [0.4, 0.5) is 11.4 Å². The van der Waals surface area contributed by atoms with Crippen molar-refractivity contribution < 1.29 is 19.0 Å². The van der Waals surface area contributed by atoms with Crippen LogP contribution >= 0.6 is 23.2 Å². The zero-order chi connectivity index (χ0) is 30.0. The second-order valence-corrected chi connectivity index (χ2v) is 11.1. The van der Waals surface area contributed by atoms with Crippen LogP contribution in [0, 0.1) is 0 Å². The number of halogens is 2. The average molecular weight is 614 g/mol. The van der Waals surface area contributed by atoms with Gasteiger partial charge in [-0.25, -0.2) is 4.79 Å². The molecule has 0 bridgehead atoms. The molecular weight excluding hydrogens is 571 g/mol. The molecule has 0 aliphatic heterocycles. The molecule has 0 N–H and O–H groups in total. The molecule has 42 heavy (non-hydrogen) atoms. The smallest absolute Gasteiger partial charge is 0.343 e. The van der Waals surface area contributed by atoms with Gasteiger partial charge in [0.15, 0.2) is 5.75 Å². The highest BCUT2D eigenvalue weighted by Crippen LogP contribution is 2.38. The summed E-state index contributed by atoms with van der Waals surface area (Å²) in [4.78, 5) is 12.7. The summed E-state index contributed by atoms with van der Waals surface area (Å²) >= 11 is 12.7. The number of nitrogens with zero attached hydrogens (tertiary/aromatic N) is 2. The van der Waals surface area contributed by atoms with Crippen molar-refractivity contribution in [2.24, 2.45) is 10.2 Å². The SMILES string of the molecule is CCCCCCCCCCCCCCOc1ccc(C(=O)Oc2c(Cl)cc(N=Nc3ccc(OC)cc3)cc2Cl)cc1. The molecule has 0 amide bonds. The van der Waals surface area contributed by atoms with Crippen LogP contribution < -0.4 is 14.2 Å². The first-order valence-electron chi connectivity index (χ1n) is 15.0. The summed E-state index contributed by atoms with van der Waals surface area (Å²) in [5.74, 6) is 0.943. The molecule has 0 saturated carbocycles. The number of benzene rings is 3. The minimum atomic E-state index is -0.570. The molecular formula is C34H42Cl2N2O4. The van der Waals surface area contributed by atoms with Crippen molar-refractivity contribution in [1.29, 1.82) is 0 Å². The van der Waals surface area contributed by atoms with Crippen molar-refractivity contribution >= 4 is 40.5 Å². The van der Waals surface area contributed by atoms with Gasteiger partial charge in [-0.3, -0.25) is 0 Å². The van der Waals surface area contributed by atoms with Gasteiger partial charge in [-0.2, -0.15) is 10.2 Å². The molecule has 3 aromatic carbocycles. The first-order chi connectivity index (χ1) is 20.5. The number of methoxy groups -OCH3 is 1. The second-order valence-electron chi connectivity index (χ2n) is 10.3. The Kier molecular flexibility index (Phi) is 15.2. The molecule has 0 aliphatic carbocycles. The molecule has 3 rings (SSSR count). The summed E-state index contributed by atoms with van der Waals surface area (Å²) < 4.78 is 16.5. The van der Waals surface area contributed by atoms with E-state index in [2.05, 4.69) is 17.2 Å². The van der Waals surface area contributed by atoms with Gasteiger partial charge >= 0.3 is 5.97 Å². The van der Waals surface area contributed by atoms with E-state index in [1.165, 1.54) is 82.8 Å². The molecule has 0 saturated heterocycles. The monoisotopic (exact) mass is 612 g/mol. The van der Waals surface area contributed by atoms with Crippen molar-refractivity contribution in [3.8, 4) is 17.2 Å². The number of carbonyl (C=O) groups excluding carboxylic acids is 1. The van der Waals surface area contributed by atoms with Crippen molar-refractivity contribution in [3.63, 3.8) is 0 Å². The Labute approximate surface area is 260 Å². The Morgan fingerprint density at radius 3 is 1.71 bits per heavy atom. The lowest BCUT2D eigenvalue weighted by atomic mass is 10.1. The van der Waals surface area contributed by atoms with Crippen molar-refractivity contribution in [2.45, 2.75) is 84.0 Å². The topological polar surface area (TPSA) is 69.5 Å². The number of esters is 1. The third-order valence-electron chi connectivity index (χ3n) is 6.89. The molecule has 0 fully saturated rings. The van der Waals surface area contributed by atoms with Crippen molar-refractivity contribution in [2.75, 3.05) is 13.7 Å². The fourth-order valence-corrected chi connectivity index (χ4v) is 4.99. The Morgan fingerprint density at radius 2 is 1.17 bits per heavy atom. The first kappa shape index (κ1) is 33.4. The number of rotatable bonds is 19. The highest BCUT2D eigenvalue weighted by molar-refractivity contribution is 6.37. The Hall–Kier alpha value is -3.09. The summed E-state index contributed by atoms with van der Waals surface area (Å²) in [6, 6.07) is 17.1. The molecule has 0 radical (unpaired) electrons. The van der Waals surface area contributed by atoms with E-state index in [4.69, 9.17) is 37.4 Å². The zero-order valence-electron chi connectivity index (χ0n) is 24.7. The van der Waals surface area contributed by atoms with E-state index in [1.807, 2.05) is 0 Å². The summed E-state index contributed by atoms with van der Waals surface area (Å²) in [5.41, 5.74) is 1.43. The van der Waals surface area contributed by atoms with Crippen molar-refractivity contribution in [3.05, 3.63) is 76.3 Å². The normalized spacial score (nSPS) is 11.1. The quantitative estimate of drug-likeness (QED) is 0.0584. The van der Waals surface area contributed by atoms with Crippen LogP contribution in [0.15, 0.2) is 70.9 Å². The van der Waals surface area contributed by atoms with Gasteiger partial charge in [0.05, 0.1) is 40.7 Å². The number of hydrogen-bond donors (Lipinski definition) is 0. The van der Waals surface area contributed by atoms with Crippen LogP contribution in [0.5, 0.6) is 17.2 Å². The van der Waals surface area contributed by atoms with Crippen LogP contribution in [0.2, 0.25) is 10.0 Å². The Balaban J connectivity index is 1.37. The average Bonchev–Trinajstić information content (AvgIpc) is 3.00. The van der Waals surface area contributed by atoms with Gasteiger partial charge in [0.2, 0.25) is 0 Å². The molecule has 0 heterocycles. The number of azo groups is 1. The van der Waals surface area contributed by atoms with E-state index in [0.717, 1.165) is 17.9 Å². The zero-order valence-corrected chi connectivity index (χ0v) is 26.3. The summed E-state index contributed by atoms with van der Waals surface area (Å²) in [6.07, 6.45) is 15.7. The van der Waals surface area contributed by atoms with Gasteiger partial charge in [-0.15, -0.1) is 0 Å². The van der Waals surface area contributed by atoms with Gasteiger partial charge in [-0.05, 0) is 67.1 Å². The molecule has 0 aliphatic rings. The number of carbonyl (C=O) groups is 1. The van der Waals surface area contributed by atoms with Crippen molar-refractivity contribution in [1.82, 2.24) is 0 Å². The van der Waals surface area contributed by atoms with Gasteiger partial charge < -0.3 is 14.2 Å². The van der Waals surface area contributed by atoms with E-state index in [-0.39, 0.29) is 15.8 Å². The molecule has 6 nitrogen and oxygen atoms in total. The van der Waals surface area contributed by atoms with Crippen LogP contribution in [0.1, 0.15) is 94.3 Å². The van der Waals surface area contributed by atoms with E-state index >= 15 is 0 Å². The fourth-order valence-electron chi connectivity index (χ4n) is 4.44. The van der Waals surface area contributed by atoms with Gasteiger partial charge in [0.1, 0.15) is 11.5 Å². The third kappa shape index (κ3) is 12.0. The molecule has 8 heteroatoms. The van der Waals surface area contributed by atoms with Gasteiger partial charge in [-0.1, -0.05) is 101 Å². The van der Waals surface area contributed by atoms with Crippen LogP contribution in [0.3, 0.4) is 0 Å². The van der Waals surface area contributed by atoms with E-state index in [1.54, 1.807) is 55.6 Å². The highest BCUT2D eigenvalue weighted by Gasteiger charge is 2.16. The van der Waals surface area contributed by atoms with Crippen LogP contribution in [-0.2, 0) is 0 Å². The third-order valence-corrected chi connectivity index (χ3v) is 7.45. The predicted molar refractivity (Wildman–Crippen MR) is 172 cm³/mol.